The number of hydrogen-bond donors (Lipinski definition) is 0. The summed E-state index contributed by atoms with van der Waals surface area (Å²) in [5.41, 5.74) is 5.02. The summed E-state index contributed by atoms with van der Waals surface area (Å²) >= 11 is 7.07. The number of benzene rings is 3. The van der Waals surface area contributed by atoms with Crippen LogP contribution in [-0.2, 0) is 6.61 Å². The summed E-state index contributed by atoms with van der Waals surface area (Å²) < 4.78 is 20.8. The van der Waals surface area contributed by atoms with Crippen molar-refractivity contribution in [2.45, 2.75) is 20.5 Å². The van der Waals surface area contributed by atoms with E-state index in [4.69, 9.17) is 4.74 Å². The second kappa shape index (κ2) is 8.81. The molecule has 0 atom stereocenters. The van der Waals surface area contributed by atoms with E-state index < -0.39 is 0 Å². The molecular formula is C22H18Br2FNO. The normalized spacial score (nSPS) is 11.1. The van der Waals surface area contributed by atoms with Crippen molar-refractivity contribution in [2.75, 3.05) is 0 Å². The Hall–Kier alpha value is -1.98. The lowest BCUT2D eigenvalue weighted by Gasteiger charge is -2.12. The summed E-state index contributed by atoms with van der Waals surface area (Å²) in [5, 5.41) is 0. The van der Waals surface area contributed by atoms with Crippen molar-refractivity contribution >= 4 is 43.8 Å². The number of hydrogen-bond acceptors (Lipinski definition) is 2. The molecule has 27 heavy (non-hydrogen) atoms. The van der Waals surface area contributed by atoms with Gasteiger partial charge in [0, 0.05) is 16.3 Å². The Balaban J connectivity index is 1.89. The predicted octanol–water partition coefficient (Wildman–Crippen LogP) is 7.30. The van der Waals surface area contributed by atoms with E-state index in [1.807, 2.05) is 24.3 Å². The second-order valence-corrected chi connectivity index (χ2v) is 7.97. The quantitative estimate of drug-likeness (QED) is 0.344. The highest BCUT2D eigenvalue weighted by Gasteiger charge is 2.10. The van der Waals surface area contributed by atoms with Crippen LogP contribution in [-0.4, -0.2) is 6.21 Å². The molecule has 0 aliphatic carbocycles. The monoisotopic (exact) mass is 489 g/mol. The molecule has 0 radical (unpaired) electrons. The van der Waals surface area contributed by atoms with Crippen LogP contribution in [0.4, 0.5) is 10.1 Å². The Kier molecular flexibility index (Phi) is 6.45. The van der Waals surface area contributed by atoms with Gasteiger partial charge in [0.25, 0.3) is 0 Å². The average molecular weight is 491 g/mol. The first-order valence-electron chi connectivity index (χ1n) is 8.40. The van der Waals surface area contributed by atoms with Gasteiger partial charge in [-0.05, 0) is 76.8 Å². The van der Waals surface area contributed by atoms with E-state index >= 15 is 0 Å². The maximum absolute atomic E-state index is 13.1. The second-order valence-electron chi connectivity index (χ2n) is 6.20. The summed E-state index contributed by atoms with van der Waals surface area (Å²) in [4.78, 5) is 4.65. The number of aryl methyl sites for hydroxylation is 1. The highest BCUT2D eigenvalue weighted by Crippen LogP contribution is 2.33. The van der Waals surface area contributed by atoms with Crippen molar-refractivity contribution < 1.29 is 9.13 Å². The zero-order chi connectivity index (χ0) is 19.4. The largest absolute Gasteiger partial charge is 0.487 e. The summed E-state index contributed by atoms with van der Waals surface area (Å²) in [6, 6.07) is 16.2. The van der Waals surface area contributed by atoms with Crippen molar-refractivity contribution in [1.82, 2.24) is 0 Å². The van der Waals surface area contributed by atoms with E-state index in [1.54, 1.807) is 18.3 Å². The van der Waals surface area contributed by atoms with Crippen LogP contribution < -0.4 is 4.74 Å². The minimum absolute atomic E-state index is 0.259. The van der Waals surface area contributed by atoms with Crippen LogP contribution in [0.25, 0.3) is 0 Å². The van der Waals surface area contributed by atoms with Crippen LogP contribution in [0.5, 0.6) is 5.75 Å². The van der Waals surface area contributed by atoms with Gasteiger partial charge in [0.15, 0.2) is 0 Å². The topological polar surface area (TPSA) is 21.6 Å². The fourth-order valence-electron chi connectivity index (χ4n) is 2.58. The summed E-state index contributed by atoms with van der Waals surface area (Å²) in [6.07, 6.45) is 1.80. The zero-order valence-corrected chi connectivity index (χ0v) is 18.1. The Morgan fingerprint density at radius 3 is 2.52 bits per heavy atom. The van der Waals surface area contributed by atoms with E-state index in [-0.39, 0.29) is 5.82 Å². The third kappa shape index (κ3) is 5.05. The average Bonchev–Trinajstić information content (AvgIpc) is 2.63. The first kappa shape index (κ1) is 19.8. The van der Waals surface area contributed by atoms with Crippen molar-refractivity contribution in [3.8, 4) is 5.75 Å². The summed E-state index contributed by atoms with van der Waals surface area (Å²) in [6.45, 7) is 4.47. The van der Waals surface area contributed by atoms with E-state index in [9.17, 15) is 4.39 Å². The Morgan fingerprint density at radius 2 is 1.78 bits per heavy atom. The molecular weight excluding hydrogens is 473 g/mol. The standard InChI is InChI=1S/C22H18Br2FNO/c1-14-4-3-5-21(15(14)2)26-12-17-10-18(23)11-20(24)22(17)27-13-16-6-8-19(25)9-7-16/h3-12H,13H2,1-2H3. The number of halogens is 3. The molecule has 0 unspecified atom stereocenters. The highest BCUT2D eigenvalue weighted by molar-refractivity contribution is 9.11. The minimum atomic E-state index is -0.259. The molecule has 0 amide bonds. The molecule has 5 heteroatoms. The first-order chi connectivity index (χ1) is 12.9. The fourth-order valence-corrected chi connectivity index (χ4v) is 3.95. The number of aliphatic imine (C=N–C) groups is 1. The molecule has 3 aromatic carbocycles. The molecule has 2 nitrogen and oxygen atoms in total. The number of ether oxygens (including phenoxy) is 1. The van der Waals surface area contributed by atoms with Crippen molar-refractivity contribution in [2.24, 2.45) is 4.99 Å². The molecule has 0 bridgehead atoms. The molecule has 0 aliphatic heterocycles. The van der Waals surface area contributed by atoms with Crippen molar-refractivity contribution in [3.05, 3.63) is 91.6 Å². The van der Waals surface area contributed by atoms with Gasteiger partial charge in [-0.2, -0.15) is 0 Å². The van der Waals surface area contributed by atoms with Gasteiger partial charge >= 0.3 is 0 Å². The van der Waals surface area contributed by atoms with E-state index in [0.717, 1.165) is 31.3 Å². The van der Waals surface area contributed by atoms with Gasteiger partial charge in [-0.25, -0.2) is 4.39 Å². The van der Waals surface area contributed by atoms with Gasteiger partial charge in [0.2, 0.25) is 0 Å². The van der Waals surface area contributed by atoms with Crippen LogP contribution in [0.3, 0.4) is 0 Å². The lowest BCUT2D eigenvalue weighted by molar-refractivity contribution is 0.303. The smallest absolute Gasteiger partial charge is 0.142 e. The highest BCUT2D eigenvalue weighted by atomic mass is 79.9. The number of rotatable bonds is 5. The third-order valence-corrected chi connectivity index (χ3v) is 5.30. The Bertz CT molecular complexity index is 984. The van der Waals surface area contributed by atoms with Crippen LogP contribution in [0.1, 0.15) is 22.3 Å². The fraction of sp³-hybridized carbons (Fsp3) is 0.136. The molecule has 0 N–H and O–H groups in total. The molecule has 0 saturated heterocycles. The SMILES string of the molecule is Cc1cccc(N=Cc2cc(Br)cc(Br)c2OCc2ccc(F)cc2)c1C. The van der Waals surface area contributed by atoms with Gasteiger partial charge < -0.3 is 4.74 Å². The van der Waals surface area contributed by atoms with Crippen LogP contribution in [0.15, 0.2) is 68.5 Å². The molecule has 0 fully saturated rings. The maximum atomic E-state index is 13.1. The van der Waals surface area contributed by atoms with Gasteiger partial charge in [0.1, 0.15) is 18.2 Å². The molecule has 0 aliphatic rings. The van der Waals surface area contributed by atoms with Crippen LogP contribution in [0, 0.1) is 19.7 Å². The van der Waals surface area contributed by atoms with Gasteiger partial charge in [-0.15, -0.1) is 0 Å². The lowest BCUT2D eigenvalue weighted by Crippen LogP contribution is -2.00. The van der Waals surface area contributed by atoms with Crippen molar-refractivity contribution in [1.29, 1.82) is 0 Å². The van der Waals surface area contributed by atoms with E-state index in [2.05, 4.69) is 56.8 Å². The third-order valence-electron chi connectivity index (χ3n) is 4.25. The molecule has 0 aromatic heterocycles. The molecule has 3 rings (SSSR count). The first-order valence-corrected chi connectivity index (χ1v) is 9.99. The minimum Gasteiger partial charge on any atom is -0.487 e. The van der Waals surface area contributed by atoms with Gasteiger partial charge in [0.05, 0.1) is 10.2 Å². The summed E-state index contributed by atoms with van der Waals surface area (Å²) in [5.74, 6) is 0.432. The predicted molar refractivity (Wildman–Crippen MR) is 116 cm³/mol. The lowest BCUT2D eigenvalue weighted by atomic mass is 10.1. The molecule has 0 saturated carbocycles. The Morgan fingerprint density at radius 1 is 1.04 bits per heavy atom. The van der Waals surface area contributed by atoms with Crippen molar-refractivity contribution in [3.63, 3.8) is 0 Å². The van der Waals surface area contributed by atoms with Gasteiger partial charge in [-0.1, -0.05) is 40.2 Å². The molecule has 0 heterocycles. The van der Waals surface area contributed by atoms with E-state index in [1.165, 1.54) is 17.7 Å². The van der Waals surface area contributed by atoms with Gasteiger partial charge in [-0.3, -0.25) is 4.99 Å². The van der Waals surface area contributed by atoms with Crippen LogP contribution >= 0.6 is 31.9 Å². The Labute approximate surface area is 175 Å². The van der Waals surface area contributed by atoms with Crippen LogP contribution in [0.2, 0.25) is 0 Å². The molecule has 0 spiro atoms. The maximum Gasteiger partial charge on any atom is 0.142 e. The number of nitrogens with zero attached hydrogens (tertiary/aromatic N) is 1. The summed E-state index contributed by atoms with van der Waals surface area (Å²) in [7, 11) is 0. The van der Waals surface area contributed by atoms with E-state index in [0.29, 0.717) is 12.4 Å². The molecule has 138 valence electrons. The molecule has 3 aromatic rings. The zero-order valence-electron chi connectivity index (χ0n) is 15.0.